The lowest BCUT2D eigenvalue weighted by Crippen LogP contribution is -2.31. The topological polar surface area (TPSA) is 57.6 Å². The number of carbonyl (C=O) groups is 2. The summed E-state index contributed by atoms with van der Waals surface area (Å²) in [5, 5.41) is 8.80. The summed E-state index contributed by atoms with van der Waals surface area (Å²) >= 11 is 1.73. The summed E-state index contributed by atoms with van der Waals surface area (Å²) in [4.78, 5) is 25.4. The van der Waals surface area contributed by atoms with Gasteiger partial charge in [-0.1, -0.05) is 29.8 Å². The number of nitrogens with zero attached hydrogens (tertiary/aromatic N) is 1. The lowest BCUT2D eigenvalue weighted by Gasteiger charge is -2.15. The predicted molar refractivity (Wildman–Crippen MR) is 96.5 cm³/mol. The smallest absolute Gasteiger partial charge is 0.323 e. The van der Waals surface area contributed by atoms with E-state index in [9.17, 15) is 9.59 Å². The summed E-state index contributed by atoms with van der Waals surface area (Å²) < 4.78 is 0. The first-order valence-electron chi connectivity index (χ1n) is 7.63. The molecule has 0 fully saturated rings. The molecule has 0 atom stereocenters. The molecule has 1 amide bonds. The van der Waals surface area contributed by atoms with E-state index in [4.69, 9.17) is 5.11 Å². The number of aryl methyl sites for hydroxylation is 2. The molecule has 126 valence electrons. The standard InChI is InChI=1S/C19H21NO3S/c1-13-7-8-14(2)17(9-13)24-12-15-5-4-6-16(10-15)19(23)20(3)11-18(21)22/h4-10H,11-12H2,1-3H3,(H,21,22). The highest BCUT2D eigenvalue weighted by atomic mass is 32.2. The highest BCUT2D eigenvalue weighted by Gasteiger charge is 2.14. The molecular weight excluding hydrogens is 322 g/mol. The minimum Gasteiger partial charge on any atom is -0.480 e. The highest BCUT2D eigenvalue weighted by Crippen LogP contribution is 2.27. The van der Waals surface area contributed by atoms with Crippen molar-refractivity contribution in [3.05, 3.63) is 64.7 Å². The van der Waals surface area contributed by atoms with Gasteiger partial charge in [-0.15, -0.1) is 11.8 Å². The predicted octanol–water partition coefficient (Wildman–Crippen LogP) is 3.75. The molecule has 5 heteroatoms. The van der Waals surface area contributed by atoms with Crippen molar-refractivity contribution >= 4 is 23.6 Å². The van der Waals surface area contributed by atoms with E-state index < -0.39 is 5.97 Å². The fourth-order valence-electron chi connectivity index (χ4n) is 2.31. The first kappa shape index (κ1) is 18.1. The highest BCUT2D eigenvalue weighted by molar-refractivity contribution is 7.98. The number of aliphatic carboxylic acids is 1. The van der Waals surface area contributed by atoms with Crippen LogP contribution in [0.4, 0.5) is 0 Å². The number of hydrogen-bond donors (Lipinski definition) is 1. The fourth-order valence-corrected chi connectivity index (χ4v) is 3.38. The van der Waals surface area contributed by atoms with Crippen LogP contribution in [0.25, 0.3) is 0 Å². The van der Waals surface area contributed by atoms with Gasteiger partial charge >= 0.3 is 5.97 Å². The van der Waals surface area contributed by atoms with E-state index in [1.807, 2.05) is 18.2 Å². The van der Waals surface area contributed by atoms with Crippen LogP contribution in [0, 0.1) is 13.8 Å². The molecule has 2 aromatic rings. The average molecular weight is 343 g/mol. The zero-order valence-corrected chi connectivity index (χ0v) is 14.9. The molecule has 0 spiro atoms. The largest absolute Gasteiger partial charge is 0.480 e. The molecule has 0 aliphatic carbocycles. The molecule has 24 heavy (non-hydrogen) atoms. The summed E-state index contributed by atoms with van der Waals surface area (Å²) in [6, 6.07) is 13.7. The summed E-state index contributed by atoms with van der Waals surface area (Å²) in [6.07, 6.45) is 0. The summed E-state index contributed by atoms with van der Waals surface area (Å²) in [5.41, 5.74) is 4.01. The van der Waals surface area contributed by atoms with Crippen LogP contribution in [-0.2, 0) is 10.5 Å². The Morgan fingerprint density at radius 2 is 1.88 bits per heavy atom. The maximum Gasteiger partial charge on any atom is 0.323 e. The van der Waals surface area contributed by atoms with Crippen LogP contribution in [0.1, 0.15) is 27.0 Å². The van der Waals surface area contributed by atoms with E-state index in [2.05, 4.69) is 32.0 Å². The number of carboxylic acids is 1. The van der Waals surface area contributed by atoms with E-state index in [1.54, 1.807) is 17.8 Å². The van der Waals surface area contributed by atoms with Crippen molar-refractivity contribution in [3.8, 4) is 0 Å². The van der Waals surface area contributed by atoms with Gasteiger partial charge in [0.05, 0.1) is 0 Å². The minimum absolute atomic E-state index is 0.281. The van der Waals surface area contributed by atoms with Gasteiger partial charge in [0, 0.05) is 23.3 Å². The molecule has 0 aromatic heterocycles. The number of amides is 1. The third kappa shape index (κ3) is 4.86. The Bertz CT molecular complexity index is 758. The van der Waals surface area contributed by atoms with Gasteiger partial charge in [0.25, 0.3) is 5.91 Å². The Hall–Kier alpha value is -2.27. The number of hydrogen-bond acceptors (Lipinski definition) is 3. The number of benzene rings is 2. The molecule has 0 bridgehead atoms. The first-order valence-corrected chi connectivity index (χ1v) is 8.61. The monoisotopic (exact) mass is 343 g/mol. The Morgan fingerprint density at radius 1 is 1.12 bits per heavy atom. The lowest BCUT2D eigenvalue weighted by atomic mass is 10.1. The molecule has 0 aliphatic heterocycles. The second kappa shape index (κ2) is 8.02. The van der Waals surface area contributed by atoms with E-state index >= 15 is 0 Å². The van der Waals surface area contributed by atoms with Crippen molar-refractivity contribution in [3.63, 3.8) is 0 Å². The summed E-state index contributed by atoms with van der Waals surface area (Å²) in [7, 11) is 1.49. The molecule has 2 aromatic carbocycles. The second-order valence-corrected chi connectivity index (χ2v) is 6.83. The van der Waals surface area contributed by atoms with Gasteiger partial charge in [-0.25, -0.2) is 0 Å². The molecule has 1 N–H and O–H groups in total. The molecular formula is C19H21NO3S. The van der Waals surface area contributed by atoms with Crippen molar-refractivity contribution in [1.29, 1.82) is 0 Å². The van der Waals surface area contributed by atoms with Gasteiger partial charge < -0.3 is 10.0 Å². The molecule has 0 unspecified atom stereocenters. The molecule has 0 heterocycles. The number of carboxylic acid groups (broad SMARTS) is 1. The molecule has 0 radical (unpaired) electrons. The van der Waals surface area contributed by atoms with Crippen LogP contribution in [0.2, 0.25) is 0 Å². The molecule has 4 nitrogen and oxygen atoms in total. The maximum absolute atomic E-state index is 12.3. The Labute approximate surface area is 146 Å². The van der Waals surface area contributed by atoms with E-state index in [1.165, 1.54) is 28.0 Å². The average Bonchev–Trinajstić information content (AvgIpc) is 2.54. The number of likely N-dealkylation sites (N-methyl/N-ethyl adjacent to an activating group) is 1. The summed E-state index contributed by atoms with van der Waals surface area (Å²) in [6.45, 7) is 3.85. The van der Waals surface area contributed by atoms with Crippen LogP contribution < -0.4 is 0 Å². The van der Waals surface area contributed by atoms with Gasteiger partial charge in [0.1, 0.15) is 6.54 Å². The molecule has 0 aliphatic rings. The van der Waals surface area contributed by atoms with E-state index in [0.29, 0.717) is 5.56 Å². The molecule has 0 saturated heterocycles. The fraction of sp³-hybridized carbons (Fsp3) is 0.263. The Morgan fingerprint density at radius 3 is 2.58 bits per heavy atom. The van der Waals surface area contributed by atoms with Gasteiger partial charge in [0.15, 0.2) is 0 Å². The van der Waals surface area contributed by atoms with Crippen LogP contribution in [-0.4, -0.2) is 35.5 Å². The third-order valence-corrected chi connectivity index (χ3v) is 4.86. The molecule has 0 saturated carbocycles. The van der Waals surface area contributed by atoms with Crippen molar-refractivity contribution in [1.82, 2.24) is 4.90 Å². The van der Waals surface area contributed by atoms with Crippen molar-refractivity contribution in [2.45, 2.75) is 24.5 Å². The molecule has 2 rings (SSSR count). The van der Waals surface area contributed by atoms with Crippen LogP contribution in [0.5, 0.6) is 0 Å². The lowest BCUT2D eigenvalue weighted by molar-refractivity contribution is -0.137. The number of thioether (sulfide) groups is 1. The van der Waals surface area contributed by atoms with Crippen LogP contribution in [0.15, 0.2) is 47.4 Å². The van der Waals surface area contributed by atoms with Gasteiger partial charge in [-0.05, 0) is 43.2 Å². The van der Waals surface area contributed by atoms with E-state index in [0.717, 1.165) is 11.3 Å². The van der Waals surface area contributed by atoms with Gasteiger partial charge in [-0.2, -0.15) is 0 Å². The number of carbonyl (C=O) groups excluding carboxylic acids is 1. The Kier molecular flexibility index (Phi) is 6.04. The van der Waals surface area contributed by atoms with Crippen LogP contribution in [0.3, 0.4) is 0 Å². The van der Waals surface area contributed by atoms with Gasteiger partial charge in [0.2, 0.25) is 0 Å². The van der Waals surface area contributed by atoms with Crippen molar-refractivity contribution < 1.29 is 14.7 Å². The second-order valence-electron chi connectivity index (χ2n) is 5.81. The van der Waals surface area contributed by atoms with Crippen molar-refractivity contribution in [2.24, 2.45) is 0 Å². The zero-order chi connectivity index (χ0) is 17.7. The van der Waals surface area contributed by atoms with E-state index in [-0.39, 0.29) is 12.5 Å². The SMILES string of the molecule is Cc1ccc(C)c(SCc2cccc(C(=O)N(C)CC(=O)O)c2)c1. The minimum atomic E-state index is -1.02. The normalized spacial score (nSPS) is 10.5. The third-order valence-electron chi connectivity index (χ3n) is 3.63. The first-order chi connectivity index (χ1) is 11.4. The maximum atomic E-state index is 12.3. The number of rotatable bonds is 6. The zero-order valence-electron chi connectivity index (χ0n) is 14.1. The Balaban J connectivity index is 2.09. The van der Waals surface area contributed by atoms with Crippen LogP contribution >= 0.6 is 11.8 Å². The van der Waals surface area contributed by atoms with Crippen molar-refractivity contribution in [2.75, 3.05) is 13.6 Å². The van der Waals surface area contributed by atoms with Gasteiger partial charge in [-0.3, -0.25) is 9.59 Å². The quantitative estimate of drug-likeness (QED) is 0.812. The summed E-state index contributed by atoms with van der Waals surface area (Å²) in [5.74, 6) is -0.544.